The van der Waals surface area contributed by atoms with Crippen molar-refractivity contribution >= 4 is 17.9 Å². The molecule has 4 nitrogen and oxygen atoms in total. The van der Waals surface area contributed by atoms with Gasteiger partial charge in [0.2, 0.25) is 0 Å². The van der Waals surface area contributed by atoms with Crippen molar-refractivity contribution in [3.05, 3.63) is 41.5 Å². The van der Waals surface area contributed by atoms with E-state index in [2.05, 4.69) is 96.4 Å². The van der Waals surface area contributed by atoms with E-state index in [1.807, 2.05) is 0 Å². The summed E-state index contributed by atoms with van der Waals surface area (Å²) < 4.78 is 0. The zero-order valence-corrected chi connectivity index (χ0v) is 29.5. The normalized spacial score (nSPS) is 45.8. The van der Waals surface area contributed by atoms with Crippen LogP contribution >= 0.6 is 0 Å². The number of carbonyl (C=O) groups excluding carboxylic acids is 2. The van der Waals surface area contributed by atoms with E-state index in [0.29, 0.717) is 34.0 Å². The first-order valence-electron chi connectivity index (χ1n) is 18.4. The van der Waals surface area contributed by atoms with Crippen LogP contribution in [-0.4, -0.2) is 23.9 Å². The average Bonchev–Trinajstić information content (AvgIpc) is 3.39. The van der Waals surface area contributed by atoms with E-state index in [1.165, 1.54) is 62.5 Å². The largest absolute Gasteiger partial charge is 0.335 e. The van der Waals surface area contributed by atoms with Crippen LogP contribution in [0.1, 0.15) is 130 Å². The summed E-state index contributed by atoms with van der Waals surface area (Å²) in [5, 5.41) is 6.95. The number of aldehydes is 1. The van der Waals surface area contributed by atoms with Crippen molar-refractivity contribution in [2.24, 2.45) is 56.7 Å². The molecule has 5 saturated carbocycles. The van der Waals surface area contributed by atoms with Gasteiger partial charge < -0.3 is 15.4 Å². The third kappa shape index (κ3) is 4.28. The minimum absolute atomic E-state index is 0.00134. The van der Waals surface area contributed by atoms with Crippen molar-refractivity contribution in [2.45, 2.75) is 138 Å². The molecule has 0 spiro atoms. The third-order valence-corrected chi connectivity index (χ3v) is 16.5. The number of hydrogen-bond donors (Lipinski definition) is 2. The Morgan fingerprint density at radius 2 is 1.56 bits per heavy atom. The Morgan fingerprint density at radius 1 is 0.822 bits per heavy atom. The van der Waals surface area contributed by atoms with Gasteiger partial charge in [0, 0.05) is 17.5 Å². The van der Waals surface area contributed by atoms with Crippen molar-refractivity contribution in [3.63, 3.8) is 0 Å². The van der Waals surface area contributed by atoms with Gasteiger partial charge in [-0.1, -0.05) is 90.8 Å². The predicted molar refractivity (Wildman–Crippen MR) is 184 cm³/mol. The highest BCUT2D eigenvalue weighted by atomic mass is 16.2. The van der Waals surface area contributed by atoms with Crippen LogP contribution in [0.3, 0.4) is 0 Å². The molecule has 1 aromatic rings. The van der Waals surface area contributed by atoms with Crippen molar-refractivity contribution in [1.82, 2.24) is 10.6 Å². The molecule has 45 heavy (non-hydrogen) atoms. The van der Waals surface area contributed by atoms with Gasteiger partial charge in [-0.25, -0.2) is 4.79 Å². The molecule has 0 aromatic heterocycles. The number of fused-ring (bicyclic) bond motifs is 7. The standard InChI is InChI=1S/C41H60N2O2/c1-26-11-13-27(14-12-26)29-17-20-38(6)32(37(29,4)5)18-21-40(8)33(38)16-15-30-31-10-9-19-41(31,23-22-39(30,40)7)43-35(45)42-34-24-28(25-44)36(34,2)3/h11-14,17,25,28,30-34H,9-10,15-16,18-24H2,1-8H3,(H2,42,43,45)/t28?,30?,31?,32?,33?,34?,38?,39-,40?,41?/m1/s1. The van der Waals surface area contributed by atoms with Crippen LogP contribution in [0.15, 0.2) is 30.3 Å². The zero-order valence-electron chi connectivity index (χ0n) is 29.5. The molecule has 0 saturated heterocycles. The molecular weight excluding hydrogens is 552 g/mol. The highest BCUT2D eigenvalue weighted by Gasteiger charge is 2.69. The number of hydrogen-bond acceptors (Lipinski definition) is 2. The third-order valence-electron chi connectivity index (χ3n) is 16.5. The summed E-state index contributed by atoms with van der Waals surface area (Å²) in [6.07, 6.45) is 16.9. The number of urea groups is 1. The van der Waals surface area contributed by atoms with Crippen molar-refractivity contribution < 1.29 is 9.59 Å². The Labute approximate surface area is 273 Å². The molecule has 0 heterocycles. The van der Waals surface area contributed by atoms with Gasteiger partial charge in [0.15, 0.2) is 0 Å². The second kappa shape index (κ2) is 10.2. The van der Waals surface area contributed by atoms with Crippen LogP contribution in [-0.2, 0) is 4.79 Å². The molecule has 6 aliphatic carbocycles. The van der Waals surface area contributed by atoms with Crippen molar-refractivity contribution in [2.75, 3.05) is 0 Å². The van der Waals surface area contributed by atoms with Crippen LogP contribution in [0.5, 0.6) is 0 Å². The Balaban J connectivity index is 1.13. The van der Waals surface area contributed by atoms with Gasteiger partial charge in [0.25, 0.3) is 0 Å². The maximum Gasteiger partial charge on any atom is 0.315 e. The summed E-state index contributed by atoms with van der Waals surface area (Å²) in [5.41, 5.74) is 5.18. The number of amides is 2. The first-order valence-corrected chi connectivity index (χ1v) is 18.4. The fourth-order valence-electron chi connectivity index (χ4n) is 13.5. The lowest BCUT2D eigenvalue weighted by Crippen LogP contribution is -2.69. The van der Waals surface area contributed by atoms with E-state index in [-0.39, 0.29) is 34.4 Å². The minimum atomic E-state index is -0.164. The van der Waals surface area contributed by atoms with Gasteiger partial charge in [-0.05, 0) is 133 Å². The zero-order chi connectivity index (χ0) is 32.2. The van der Waals surface area contributed by atoms with Gasteiger partial charge >= 0.3 is 6.03 Å². The van der Waals surface area contributed by atoms with Gasteiger partial charge in [-0.3, -0.25) is 0 Å². The van der Waals surface area contributed by atoms with Gasteiger partial charge in [0.1, 0.15) is 6.29 Å². The van der Waals surface area contributed by atoms with Gasteiger partial charge in [-0.2, -0.15) is 0 Å². The van der Waals surface area contributed by atoms with E-state index in [9.17, 15) is 9.59 Å². The van der Waals surface area contributed by atoms with Crippen LogP contribution in [0.25, 0.3) is 5.57 Å². The molecule has 5 fully saturated rings. The summed E-state index contributed by atoms with van der Waals surface area (Å²) >= 11 is 0. The van der Waals surface area contributed by atoms with E-state index < -0.39 is 0 Å². The summed E-state index contributed by atoms with van der Waals surface area (Å²) in [4.78, 5) is 25.0. The molecule has 10 atom stereocenters. The second-order valence-corrected chi connectivity index (χ2v) is 18.7. The van der Waals surface area contributed by atoms with E-state index in [1.54, 1.807) is 5.57 Å². The highest BCUT2D eigenvalue weighted by Crippen LogP contribution is 2.76. The average molecular weight is 613 g/mol. The van der Waals surface area contributed by atoms with Crippen LogP contribution in [0, 0.1) is 63.6 Å². The van der Waals surface area contributed by atoms with Crippen LogP contribution in [0.4, 0.5) is 4.79 Å². The molecule has 0 radical (unpaired) electrons. The Bertz CT molecular complexity index is 1390. The highest BCUT2D eigenvalue weighted by molar-refractivity contribution is 5.76. The maximum absolute atomic E-state index is 13.6. The molecule has 6 aliphatic rings. The molecule has 0 aliphatic heterocycles. The lowest BCUT2D eigenvalue weighted by atomic mass is 9.33. The molecule has 2 amide bonds. The minimum Gasteiger partial charge on any atom is -0.335 e. The maximum atomic E-state index is 13.6. The number of aryl methyl sites for hydroxylation is 1. The fourth-order valence-corrected chi connectivity index (χ4v) is 13.5. The first-order chi connectivity index (χ1) is 21.1. The molecule has 0 bridgehead atoms. The molecule has 9 unspecified atom stereocenters. The second-order valence-electron chi connectivity index (χ2n) is 18.7. The molecule has 246 valence electrons. The lowest BCUT2D eigenvalue weighted by molar-refractivity contribution is -0.216. The summed E-state index contributed by atoms with van der Waals surface area (Å²) in [7, 11) is 0. The van der Waals surface area contributed by atoms with Crippen molar-refractivity contribution in [1.29, 1.82) is 0 Å². The number of rotatable bonds is 4. The molecular formula is C41H60N2O2. The number of nitrogens with one attached hydrogen (secondary N) is 2. The van der Waals surface area contributed by atoms with Gasteiger partial charge in [-0.15, -0.1) is 0 Å². The van der Waals surface area contributed by atoms with Crippen LogP contribution in [0.2, 0.25) is 0 Å². The molecule has 1 aromatic carbocycles. The Hall–Kier alpha value is -2.10. The van der Waals surface area contributed by atoms with E-state index >= 15 is 0 Å². The molecule has 2 N–H and O–H groups in total. The topological polar surface area (TPSA) is 58.2 Å². The SMILES string of the molecule is Cc1ccc(C2=CCC3(C)C(CCC4(C)C3CCC3C5CCCC5(NC(=O)NC5CC(C=O)C5(C)C)CC[C@]34C)C2(C)C)cc1. The predicted octanol–water partition coefficient (Wildman–Crippen LogP) is 9.51. The van der Waals surface area contributed by atoms with Crippen LogP contribution < -0.4 is 10.6 Å². The summed E-state index contributed by atoms with van der Waals surface area (Å²) in [6, 6.07) is 9.34. The smallest absolute Gasteiger partial charge is 0.315 e. The van der Waals surface area contributed by atoms with Crippen molar-refractivity contribution in [3.8, 4) is 0 Å². The first kappa shape index (κ1) is 31.5. The fraction of sp³-hybridized carbons (Fsp3) is 0.756. The Kier molecular flexibility index (Phi) is 7.14. The summed E-state index contributed by atoms with van der Waals surface area (Å²) in [5.74, 6) is 2.71. The quantitative estimate of drug-likeness (QED) is 0.333. The molecule has 7 rings (SSSR count). The molecule has 4 heteroatoms. The number of benzene rings is 1. The van der Waals surface area contributed by atoms with E-state index in [4.69, 9.17) is 0 Å². The lowest BCUT2D eigenvalue weighted by Gasteiger charge is -2.72. The van der Waals surface area contributed by atoms with E-state index in [0.717, 1.165) is 31.5 Å². The number of carbonyl (C=O) groups is 2. The van der Waals surface area contributed by atoms with Gasteiger partial charge in [0.05, 0.1) is 0 Å². The Morgan fingerprint density at radius 3 is 2.24 bits per heavy atom. The monoisotopic (exact) mass is 612 g/mol. The number of allylic oxidation sites excluding steroid dienone is 2. The summed E-state index contributed by atoms with van der Waals surface area (Å²) in [6.45, 7) is 19.6.